The van der Waals surface area contributed by atoms with Gasteiger partial charge in [0.2, 0.25) is 15.9 Å². The Morgan fingerprint density at radius 1 is 1.00 bits per heavy atom. The van der Waals surface area contributed by atoms with Crippen molar-refractivity contribution in [3.8, 4) is 5.75 Å². The topological polar surface area (TPSA) is 66.9 Å². The molecular formula is C17H24N2O4S. The Morgan fingerprint density at radius 2 is 1.71 bits per heavy atom. The zero-order valence-corrected chi connectivity index (χ0v) is 14.8. The number of carbonyl (C=O) groups is 1. The van der Waals surface area contributed by atoms with Crippen molar-refractivity contribution in [1.29, 1.82) is 0 Å². The van der Waals surface area contributed by atoms with Gasteiger partial charge in [-0.2, -0.15) is 4.31 Å². The van der Waals surface area contributed by atoms with Crippen molar-refractivity contribution in [2.24, 2.45) is 0 Å². The fourth-order valence-electron chi connectivity index (χ4n) is 3.38. The van der Waals surface area contributed by atoms with Crippen molar-refractivity contribution in [3.63, 3.8) is 0 Å². The summed E-state index contributed by atoms with van der Waals surface area (Å²) in [6.45, 7) is 1.71. The lowest BCUT2D eigenvalue weighted by Crippen LogP contribution is -2.32. The summed E-state index contributed by atoms with van der Waals surface area (Å²) >= 11 is 0. The molecule has 0 aromatic heterocycles. The van der Waals surface area contributed by atoms with Gasteiger partial charge in [0.25, 0.3) is 0 Å². The molecule has 2 aliphatic heterocycles. The number of methoxy groups -OCH3 is 1. The van der Waals surface area contributed by atoms with Gasteiger partial charge >= 0.3 is 0 Å². The van der Waals surface area contributed by atoms with Crippen LogP contribution in [0.25, 0.3) is 0 Å². The third kappa shape index (κ3) is 3.28. The molecule has 2 saturated heterocycles. The van der Waals surface area contributed by atoms with E-state index in [1.165, 1.54) is 7.11 Å². The number of anilines is 1. The first-order valence-corrected chi connectivity index (χ1v) is 9.96. The van der Waals surface area contributed by atoms with Crippen LogP contribution in [0.2, 0.25) is 0 Å². The summed E-state index contributed by atoms with van der Waals surface area (Å²) in [5.74, 6) is 0.368. The van der Waals surface area contributed by atoms with Crippen molar-refractivity contribution in [2.45, 2.75) is 43.4 Å². The van der Waals surface area contributed by atoms with Gasteiger partial charge in [0.05, 0.1) is 7.11 Å². The van der Waals surface area contributed by atoms with Gasteiger partial charge in [-0.25, -0.2) is 8.42 Å². The Balaban J connectivity index is 1.99. The predicted molar refractivity (Wildman–Crippen MR) is 91.8 cm³/mol. The van der Waals surface area contributed by atoms with E-state index in [1.54, 1.807) is 27.4 Å². The van der Waals surface area contributed by atoms with Crippen LogP contribution in [0.1, 0.15) is 38.5 Å². The third-order valence-electron chi connectivity index (χ3n) is 4.72. The molecule has 0 unspecified atom stereocenters. The molecule has 2 aliphatic rings. The van der Waals surface area contributed by atoms with Crippen molar-refractivity contribution in [3.05, 3.63) is 18.2 Å². The summed E-state index contributed by atoms with van der Waals surface area (Å²) in [7, 11) is -2.16. The summed E-state index contributed by atoms with van der Waals surface area (Å²) in [6.07, 6.45) is 5.20. The van der Waals surface area contributed by atoms with Crippen molar-refractivity contribution in [1.82, 2.24) is 4.31 Å². The van der Waals surface area contributed by atoms with E-state index < -0.39 is 10.0 Å². The van der Waals surface area contributed by atoms with Gasteiger partial charge in [0.1, 0.15) is 10.6 Å². The molecule has 132 valence electrons. The molecule has 0 radical (unpaired) electrons. The first-order valence-electron chi connectivity index (χ1n) is 8.52. The molecule has 24 heavy (non-hydrogen) atoms. The molecule has 1 aromatic rings. The van der Waals surface area contributed by atoms with E-state index in [0.29, 0.717) is 37.5 Å². The quantitative estimate of drug-likeness (QED) is 0.834. The van der Waals surface area contributed by atoms with E-state index >= 15 is 0 Å². The van der Waals surface area contributed by atoms with Crippen LogP contribution in [0.3, 0.4) is 0 Å². The number of hydrogen-bond donors (Lipinski definition) is 0. The maximum absolute atomic E-state index is 13.1. The largest absolute Gasteiger partial charge is 0.495 e. The van der Waals surface area contributed by atoms with Gasteiger partial charge in [-0.1, -0.05) is 12.8 Å². The van der Waals surface area contributed by atoms with E-state index in [2.05, 4.69) is 0 Å². The zero-order chi connectivity index (χ0) is 17.2. The van der Waals surface area contributed by atoms with Gasteiger partial charge in [-0.3, -0.25) is 4.79 Å². The van der Waals surface area contributed by atoms with Gasteiger partial charge in [-0.05, 0) is 37.5 Å². The van der Waals surface area contributed by atoms with Gasteiger partial charge in [0, 0.05) is 31.7 Å². The summed E-state index contributed by atoms with van der Waals surface area (Å²) in [5.41, 5.74) is 0.631. The standard InChI is InChI=1S/C17H24N2O4S/c1-23-15-9-8-14(19-12-6-7-17(19)20)13-16(15)24(21,22)18-10-4-2-3-5-11-18/h8-9,13H,2-7,10-12H2,1H3. The Bertz CT molecular complexity index is 709. The van der Waals surface area contributed by atoms with Crippen molar-refractivity contribution in [2.75, 3.05) is 31.6 Å². The molecule has 2 fully saturated rings. The minimum absolute atomic E-state index is 0.0401. The molecule has 0 bridgehead atoms. The van der Waals surface area contributed by atoms with E-state index in [-0.39, 0.29) is 10.8 Å². The summed E-state index contributed by atoms with van der Waals surface area (Å²) in [6, 6.07) is 4.98. The Kier molecular flexibility index (Phi) is 5.10. The average molecular weight is 352 g/mol. The highest BCUT2D eigenvalue weighted by Crippen LogP contribution is 2.33. The molecule has 6 nitrogen and oxygen atoms in total. The first kappa shape index (κ1) is 17.2. The van der Waals surface area contributed by atoms with Gasteiger partial charge in [0.15, 0.2) is 0 Å². The maximum Gasteiger partial charge on any atom is 0.246 e. The normalized spacial score (nSPS) is 20.2. The number of hydrogen-bond acceptors (Lipinski definition) is 4. The molecular weight excluding hydrogens is 328 g/mol. The molecule has 0 saturated carbocycles. The second kappa shape index (κ2) is 7.11. The highest BCUT2D eigenvalue weighted by molar-refractivity contribution is 7.89. The van der Waals surface area contributed by atoms with E-state index in [9.17, 15) is 13.2 Å². The Labute approximate surface area is 143 Å². The number of carbonyl (C=O) groups excluding carboxylic acids is 1. The number of benzene rings is 1. The Hall–Kier alpha value is -1.60. The molecule has 1 aromatic carbocycles. The molecule has 7 heteroatoms. The SMILES string of the molecule is COc1ccc(N2CCCC2=O)cc1S(=O)(=O)N1CCCCCC1. The summed E-state index contributed by atoms with van der Waals surface area (Å²) in [4.78, 5) is 13.8. The van der Waals surface area contributed by atoms with Crippen LogP contribution >= 0.6 is 0 Å². The van der Waals surface area contributed by atoms with Crippen molar-refractivity contribution < 1.29 is 17.9 Å². The van der Waals surface area contributed by atoms with Gasteiger partial charge in [-0.15, -0.1) is 0 Å². The van der Waals surface area contributed by atoms with Gasteiger partial charge < -0.3 is 9.64 Å². The molecule has 0 atom stereocenters. The summed E-state index contributed by atoms with van der Waals surface area (Å²) in [5, 5.41) is 0. The number of ether oxygens (including phenoxy) is 1. The zero-order valence-electron chi connectivity index (χ0n) is 14.0. The number of rotatable bonds is 4. The van der Waals surface area contributed by atoms with Crippen LogP contribution in [0, 0.1) is 0 Å². The number of nitrogens with zero attached hydrogens (tertiary/aromatic N) is 2. The van der Waals surface area contributed by atoms with Crippen LogP contribution in [-0.2, 0) is 14.8 Å². The van der Waals surface area contributed by atoms with E-state index in [4.69, 9.17) is 4.74 Å². The minimum atomic E-state index is -3.63. The predicted octanol–water partition coefficient (Wildman–Crippen LogP) is 2.39. The van der Waals surface area contributed by atoms with E-state index in [0.717, 1.165) is 32.1 Å². The summed E-state index contributed by atoms with van der Waals surface area (Å²) < 4.78 is 33.1. The Morgan fingerprint density at radius 3 is 2.29 bits per heavy atom. The van der Waals surface area contributed by atoms with Crippen molar-refractivity contribution >= 4 is 21.6 Å². The molecule has 2 heterocycles. The van der Waals surface area contributed by atoms with Crippen LogP contribution < -0.4 is 9.64 Å². The smallest absolute Gasteiger partial charge is 0.246 e. The average Bonchev–Trinajstić information content (AvgIpc) is 2.84. The fraction of sp³-hybridized carbons (Fsp3) is 0.588. The molecule has 0 aliphatic carbocycles. The van der Waals surface area contributed by atoms with E-state index in [1.807, 2.05) is 0 Å². The fourth-order valence-corrected chi connectivity index (χ4v) is 5.07. The van der Waals surface area contributed by atoms with Crippen LogP contribution in [0.4, 0.5) is 5.69 Å². The second-order valence-electron chi connectivity index (χ2n) is 6.30. The second-order valence-corrected chi connectivity index (χ2v) is 8.21. The molecule has 0 spiro atoms. The lowest BCUT2D eigenvalue weighted by Gasteiger charge is -2.23. The lowest BCUT2D eigenvalue weighted by molar-refractivity contribution is -0.117. The lowest BCUT2D eigenvalue weighted by atomic mass is 10.2. The number of sulfonamides is 1. The molecule has 1 amide bonds. The maximum atomic E-state index is 13.1. The van der Waals surface area contributed by atoms with Crippen LogP contribution in [-0.4, -0.2) is 45.4 Å². The first-order chi connectivity index (χ1) is 11.5. The molecule has 3 rings (SSSR count). The minimum Gasteiger partial charge on any atom is -0.495 e. The van der Waals surface area contributed by atoms with Crippen LogP contribution in [0.5, 0.6) is 5.75 Å². The highest BCUT2D eigenvalue weighted by atomic mass is 32.2. The number of amides is 1. The highest BCUT2D eigenvalue weighted by Gasteiger charge is 2.30. The monoisotopic (exact) mass is 352 g/mol. The molecule has 0 N–H and O–H groups in total. The third-order valence-corrected chi connectivity index (χ3v) is 6.63. The van der Waals surface area contributed by atoms with Crippen LogP contribution in [0.15, 0.2) is 23.1 Å².